The summed E-state index contributed by atoms with van der Waals surface area (Å²) in [5.41, 5.74) is 0. The number of carbonyl (C=O) groups excluding carboxylic acids is 1. The highest BCUT2D eigenvalue weighted by Crippen LogP contribution is 2.12. The van der Waals surface area contributed by atoms with E-state index in [2.05, 4.69) is 19.2 Å². The Morgan fingerprint density at radius 3 is 2.75 bits per heavy atom. The molecule has 6 heteroatoms. The number of morpholine rings is 1. The van der Waals surface area contributed by atoms with E-state index in [0.717, 1.165) is 12.8 Å². The lowest BCUT2D eigenvalue weighted by Crippen LogP contribution is -2.51. The number of urea groups is 1. The molecule has 0 radical (unpaired) electrons. The van der Waals surface area contributed by atoms with Crippen molar-refractivity contribution in [2.45, 2.75) is 52.2 Å². The molecule has 1 saturated heterocycles. The molecule has 0 aromatic rings. The highest BCUT2D eigenvalue weighted by molar-refractivity contribution is 5.75. The van der Waals surface area contributed by atoms with Gasteiger partial charge in [0.25, 0.3) is 0 Å². The van der Waals surface area contributed by atoms with Gasteiger partial charge >= 0.3 is 12.0 Å². The maximum Gasteiger partial charge on any atom is 0.317 e. The summed E-state index contributed by atoms with van der Waals surface area (Å²) in [6.07, 6.45) is 1.58. The van der Waals surface area contributed by atoms with Gasteiger partial charge in [0.2, 0.25) is 0 Å². The summed E-state index contributed by atoms with van der Waals surface area (Å²) in [6.45, 7) is 7.55. The molecule has 1 rings (SSSR count). The number of aliphatic carboxylic acids is 1. The summed E-state index contributed by atoms with van der Waals surface area (Å²) in [7, 11) is 0. The van der Waals surface area contributed by atoms with Gasteiger partial charge in [-0.1, -0.05) is 20.3 Å². The summed E-state index contributed by atoms with van der Waals surface area (Å²) >= 11 is 0. The number of carboxylic acids is 1. The molecule has 1 fully saturated rings. The molecule has 20 heavy (non-hydrogen) atoms. The van der Waals surface area contributed by atoms with Crippen molar-refractivity contribution in [2.24, 2.45) is 5.92 Å². The average molecular weight is 286 g/mol. The summed E-state index contributed by atoms with van der Waals surface area (Å²) in [6, 6.07) is -0.00212. The minimum Gasteiger partial charge on any atom is -0.481 e. The number of hydrogen-bond acceptors (Lipinski definition) is 3. The highest BCUT2D eigenvalue weighted by Gasteiger charge is 2.26. The fraction of sp³-hybridized carbons (Fsp3) is 0.857. The van der Waals surface area contributed by atoms with Gasteiger partial charge in [0.05, 0.1) is 19.1 Å². The fourth-order valence-corrected chi connectivity index (χ4v) is 2.35. The lowest BCUT2D eigenvalue weighted by Gasteiger charge is -2.33. The van der Waals surface area contributed by atoms with Crippen molar-refractivity contribution in [3.05, 3.63) is 0 Å². The molecule has 2 N–H and O–H groups in total. The number of nitrogens with one attached hydrogen (secondary N) is 1. The Morgan fingerprint density at radius 1 is 1.45 bits per heavy atom. The van der Waals surface area contributed by atoms with Crippen LogP contribution in [0.3, 0.4) is 0 Å². The molecule has 0 aromatic carbocycles. The normalized spacial score (nSPS) is 22.1. The zero-order valence-corrected chi connectivity index (χ0v) is 12.6. The molecule has 1 aliphatic rings. The van der Waals surface area contributed by atoms with Crippen molar-refractivity contribution in [3.8, 4) is 0 Å². The molecular formula is C14H26N2O4. The lowest BCUT2D eigenvalue weighted by molar-refractivity contribution is -0.141. The van der Waals surface area contributed by atoms with E-state index in [1.165, 1.54) is 0 Å². The molecule has 0 aliphatic carbocycles. The number of carboxylic acid groups (broad SMARTS) is 1. The predicted molar refractivity (Wildman–Crippen MR) is 75.6 cm³/mol. The first kappa shape index (κ1) is 16.8. The summed E-state index contributed by atoms with van der Waals surface area (Å²) < 4.78 is 5.35. The molecule has 0 aromatic heterocycles. The third kappa shape index (κ3) is 5.77. The van der Waals surface area contributed by atoms with Crippen molar-refractivity contribution in [1.82, 2.24) is 10.2 Å². The van der Waals surface area contributed by atoms with Crippen LogP contribution in [0.2, 0.25) is 0 Å². The molecular weight excluding hydrogens is 260 g/mol. The zero-order chi connectivity index (χ0) is 15.1. The van der Waals surface area contributed by atoms with Crippen molar-refractivity contribution in [3.63, 3.8) is 0 Å². The number of carbonyl (C=O) groups is 2. The molecule has 116 valence electrons. The first-order valence-corrected chi connectivity index (χ1v) is 7.31. The van der Waals surface area contributed by atoms with Gasteiger partial charge in [0.15, 0.2) is 0 Å². The molecule has 1 aliphatic heterocycles. The number of ether oxygens (including phenoxy) is 1. The number of nitrogens with zero attached hydrogens (tertiary/aromatic N) is 1. The average Bonchev–Trinajstić information content (AvgIpc) is 2.37. The van der Waals surface area contributed by atoms with Crippen LogP contribution < -0.4 is 5.32 Å². The van der Waals surface area contributed by atoms with E-state index in [0.29, 0.717) is 25.6 Å². The van der Waals surface area contributed by atoms with E-state index >= 15 is 0 Å². The summed E-state index contributed by atoms with van der Waals surface area (Å²) in [4.78, 5) is 24.4. The van der Waals surface area contributed by atoms with Crippen molar-refractivity contribution in [1.29, 1.82) is 0 Å². The number of rotatable bonds is 6. The summed E-state index contributed by atoms with van der Waals surface area (Å²) in [5, 5.41) is 11.7. The molecule has 0 spiro atoms. The predicted octanol–water partition coefficient (Wildman–Crippen LogP) is 1.70. The molecule has 3 unspecified atom stereocenters. The molecule has 3 atom stereocenters. The zero-order valence-electron chi connectivity index (χ0n) is 12.6. The largest absolute Gasteiger partial charge is 0.481 e. The monoisotopic (exact) mass is 286 g/mol. The standard InChI is InChI=1S/C14H26N2O4/c1-4-10(2)7-11(3)15-14(19)16-5-6-20-12(9-16)8-13(17)18/h10-12H,4-9H2,1-3H3,(H,15,19)(H,17,18). The van der Waals surface area contributed by atoms with Gasteiger partial charge in [-0.2, -0.15) is 0 Å². The Balaban J connectivity index is 2.40. The molecule has 6 nitrogen and oxygen atoms in total. The highest BCUT2D eigenvalue weighted by atomic mass is 16.5. The first-order chi connectivity index (χ1) is 9.42. The van der Waals surface area contributed by atoms with Crippen molar-refractivity contribution in [2.75, 3.05) is 19.7 Å². The summed E-state index contributed by atoms with van der Waals surface area (Å²) in [5.74, 6) is -0.322. The van der Waals surface area contributed by atoms with Crippen LogP contribution in [0.4, 0.5) is 4.79 Å². The van der Waals surface area contributed by atoms with Gasteiger partial charge in [-0.3, -0.25) is 4.79 Å². The van der Waals surface area contributed by atoms with Crippen LogP contribution in [0, 0.1) is 5.92 Å². The Bertz CT molecular complexity index is 335. The van der Waals surface area contributed by atoms with Crippen LogP contribution in [0.1, 0.15) is 40.0 Å². The SMILES string of the molecule is CCC(C)CC(C)NC(=O)N1CCOC(CC(=O)O)C1. The number of hydrogen-bond donors (Lipinski definition) is 2. The van der Waals surface area contributed by atoms with Gasteiger partial charge < -0.3 is 20.1 Å². The quantitative estimate of drug-likeness (QED) is 0.779. The fourth-order valence-electron chi connectivity index (χ4n) is 2.35. The van der Waals surface area contributed by atoms with Crippen molar-refractivity contribution < 1.29 is 19.4 Å². The van der Waals surface area contributed by atoms with Crippen LogP contribution in [-0.2, 0) is 9.53 Å². The van der Waals surface area contributed by atoms with Gasteiger partial charge in [-0.15, -0.1) is 0 Å². The van der Waals surface area contributed by atoms with E-state index in [1.54, 1.807) is 4.90 Å². The van der Waals surface area contributed by atoms with Crippen LogP contribution in [0.5, 0.6) is 0 Å². The second kappa shape index (κ2) is 8.09. The maximum atomic E-state index is 12.1. The minimum atomic E-state index is -0.901. The van der Waals surface area contributed by atoms with E-state index in [9.17, 15) is 9.59 Å². The Kier molecular flexibility index (Phi) is 6.78. The van der Waals surface area contributed by atoms with Gasteiger partial charge in [0.1, 0.15) is 0 Å². The smallest absolute Gasteiger partial charge is 0.317 e. The molecule has 2 amide bonds. The first-order valence-electron chi connectivity index (χ1n) is 7.31. The molecule has 0 saturated carbocycles. The van der Waals surface area contributed by atoms with Crippen LogP contribution in [0.15, 0.2) is 0 Å². The van der Waals surface area contributed by atoms with E-state index < -0.39 is 12.1 Å². The Labute approximate surface area is 120 Å². The molecule has 1 heterocycles. The van der Waals surface area contributed by atoms with E-state index in [4.69, 9.17) is 9.84 Å². The van der Waals surface area contributed by atoms with E-state index in [-0.39, 0.29) is 18.5 Å². The topological polar surface area (TPSA) is 78.9 Å². The van der Waals surface area contributed by atoms with Crippen LogP contribution in [0.25, 0.3) is 0 Å². The van der Waals surface area contributed by atoms with Gasteiger partial charge in [0, 0.05) is 19.1 Å². The maximum absolute atomic E-state index is 12.1. The number of amides is 2. The second-order valence-electron chi connectivity index (χ2n) is 5.64. The lowest BCUT2D eigenvalue weighted by atomic mass is 10.0. The van der Waals surface area contributed by atoms with Crippen LogP contribution >= 0.6 is 0 Å². The second-order valence-corrected chi connectivity index (χ2v) is 5.64. The van der Waals surface area contributed by atoms with Gasteiger partial charge in [-0.25, -0.2) is 4.79 Å². The van der Waals surface area contributed by atoms with Gasteiger partial charge in [-0.05, 0) is 19.3 Å². The Hall–Kier alpha value is -1.30. The minimum absolute atomic E-state index is 0.0633. The van der Waals surface area contributed by atoms with Crippen LogP contribution in [-0.4, -0.2) is 53.8 Å². The third-order valence-corrected chi connectivity index (χ3v) is 3.65. The van der Waals surface area contributed by atoms with E-state index in [1.807, 2.05) is 6.92 Å². The third-order valence-electron chi connectivity index (χ3n) is 3.65. The van der Waals surface area contributed by atoms with Crippen molar-refractivity contribution >= 4 is 12.0 Å². The Morgan fingerprint density at radius 2 is 2.15 bits per heavy atom. The molecule has 0 bridgehead atoms.